The Kier molecular flexibility index (Phi) is 5.81. The highest BCUT2D eigenvalue weighted by Gasteiger charge is 2.30. The fraction of sp³-hybridized carbons (Fsp3) is 0.261. The number of carbonyl (C=O) groups excluding carboxylic acids is 1. The number of rotatable bonds is 6. The molecule has 2 aromatic heterocycles. The number of benzene rings is 2. The summed E-state index contributed by atoms with van der Waals surface area (Å²) in [5.74, 6) is 0.484. The first kappa shape index (κ1) is 20.8. The van der Waals surface area contributed by atoms with E-state index in [4.69, 9.17) is 9.47 Å². The molecule has 1 aliphatic rings. The number of amides is 1. The van der Waals surface area contributed by atoms with E-state index in [1.54, 1.807) is 54.9 Å². The van der Waals surface area contributed by atoms with Crippen molar-refractivity contribution in [2.75, 3.05) is 26.9 Å². The SMILES string of the molecule is COc1ccc(-n2nccn2)c(C(=O)N2CCOCC2Cc2cccc(-n3nccn3)c2)c1. The summed E-state index contributed by atoms with van der Waals surface area (Å²) < 4.78 is 11.1. The van der Waals surface area contributed by atoms with E-state index in [9.17, 15) is 4.79 Å². The Bertz CT molecular complexity index is 1220. The molecule has 2 aromatic carbocycles. The number of nitrogens with zero attached hydrogens (tertiary/aromatic N) is 7. The highest BCUT2D eigenvalue weighted by atomic mass is 16.5. The minimum absolute atomic E-state index is 0.112. The van der Waals surface area contributed by atoms with Gasteiger partial charge >= 0.3 is 0 Å². The summed E-state index contributed by atoms with van der Waals surface area (Å²) in [6.45, 7) is 1.43. The number of hydrogen-bond acceptors (Lipinski definition) is 7. The fourth-order valence-corrected chi connectivity index (χ4v) is 4.00. The molecule has 1 fully saturated rings. The second-order valence-electron chi connectivity index (χ2n) is 7.62. The van der Waals surface area contributed by atoms with Crippen LogP contribution in [0.1, 0.15) is 15.9 Å². The van der Waals surface area contributed by atoms with Crippen LogP contribution in [-0.2, 0) is 11.2 Å². The van der Waals surface area contributed by atoms with E-state index in [1.165, 1.54) is 4.80 Å². The smallest absolute Gasteiger partial charge is 0.256 e. The number of ether oxygens (including phenoxy) is 2. The van der Waals surface area contributed by atoms with E-state index >= 15 is 0 Å². The third-order valence-corrected chi connectivity index (χ3v) is 5.59. The molecule has 1 amide bonds. The van der Waals surface area contributed by atoms with Crippen LogP contribution in [0.25, 0.3) is 11.4 Å². The van der Waals surface area contributed by atoms with Gasteiger partial charge in [-0.1, -0.05) is 12.1 Å². The molecule has 0 aliphatic carbocycles. The summed E-state index contributed by atoms with van der Waals surface area (Å²) in [5, 5.41) is 16.8. The van der Waals surface area contributed by atoms with Crippen molar-refractivity contribution in [3.63, 3.8) is 0 Å². The lowest BCUT2D eigenvalue weighted by molar-refractivity contribution is -0.00166. The van der Waals surface area contributed by atoms with Crippen LogP contribution in [0.2, 0.25) is 0 Å². The summed E-state index contributed by atoms with van der Waals surface area (Å²) in [6.07, 6.45) is 7.08. The van der Waals surface area contributed by atoms with Gasteiger partial charge in [-0.3, -0.25) is 4.79 Å². The topological polar surface area (TPSA) is 100 Å². The molecular weight excluding hydrogens is 422 g/mol. The minimum atomic E-state index is -0.128. The molecule has 1 aliphatic heterocycles. The van der Waals surface area contributed by atoms with E-state index < -0.39 is 0 Å². The summed E-state index contributed by atoms with van der Waals surface area (Å²) in [5.41, 5.74) is 3.01. The van der Waals surface area contributed by atoms with Gasteiger partial charge in [0.1, 0.15) is 5.75 Å². The summed E-state index contributed by atoms with van der Waals surface area (Å²) in [6, 6.07) is 13.2. The molecular formula is C23H23N7O3. The average molecular weight is 445 g/mol. The summed E-state index contributed by atoms with van der Waals surface area (Å²) in [4.78, 5) is 18.6. The van der Waals surface area contributed by atoms with Gasteiger partial charge in [-0.2, -0.15) is 30.0 Å². The van der Waals surface area contributed by atoms with Crippen molar-refractivity contribution in [1.82, 2.24) is 34.9 Å². The number of carbonyl (C=O) groups is 1. The third-order valence-electron chi connectivity index (χ3n) is 5.59. The maximum absolute atomic E-state index is 13.8. The van der Waals surface area contributed by atoms with Crippen LogP contribution in [0.3, 0.4) is 0 Å². The van der Waals surface area contributed by atoms with E-state index in [-0.39, 0.29) is 11.9 Å². The van der Waals surface area contributed by atoms with Gasteiger partial charge in [0.25, 0.3) is 5.91 Å². The molecule has 1 unspecified atom stereocenters. The predicted molar refractivity (Wildman–Crippen MR) is 119 cm³/mol. The molecule has 5 rings (SSSR count). The lowest BCUT2D eigenvalue weighted by Gasteiger charge is -2.36. The fourth-order valence-electron chi connectivity index (χ4n) is 4.00. The Labute approximate surface area is 190 Å². The van der Waals surface area contributed by atoms with Crippen LogP contribution < -0.4 is 4.74 Å². The highest BCUT2D eigenvalue weighted by Crippen LogP contribution is 2.24. The summed E-state index contributed by atoms with van der Waals surface area (Å²) in [7, 11) is 1.58. The van der Waals surface area contributed by atoms with Gasteiger partial charge in [-0.25, -0.2) is 0 Å². The molecule has 0 spiro atoms. The van der Waals surface area contributed by atoms with Crippen molar-refractivity contribution in [3.05, 3.63) is 78.4 Å². The van der Waals surface area contributed by atoms with Crippen LogP contribution in [-0.4, -0.2) is 73.7 Å². The molecule has 3 heterocycles. The van der Waals surface area contributed by atoms with Crippen LogP contribution in [0.15, 0.2) is 67.3 Å². The molecule has 1 atom stereocenters. The Balaban J connectivity index is 1.44. The van der Waals surface area contributed by atoms with Crippen molar-refractivity contribution in [1.29, 1.82) is 0 Å². The van der Waals surface area contributed by atoms with Crippen LogP contribution in [0.5, 0.6) is 5.75 Å². The van der Waals surface area contributed by atoms with Crippen molar-refractivity contribution in [2.24, 2.45) is 0 Å². The van der Waals surface area contributed by atoms with Crippen molar-refractivity contribution < 1.29 is 14.3 Å². The number of hydrogen-bond donors (Lipinski definition) is 0. The molecule has 4 aromatic rings. The van der Waals surface area contributed by atoms with Gasteiger partial charge in [0.15, 0.2) is 0 Å². The van der Waals surface area contributed by atoms with Crippen LogP contribution in [0, 0.1) is 0 Å². The minimum Gasteiger partial charge on any atom is -0.497 e. The maximum Gasteiger partial charge on any atom is 0.256 e. The van der Waals surface area contributed by atoms with E-state index in [0.29, 0.717) is 43.2 Å². The first-order valence-corrected chi connectivity index (χ1v) is 10.6. The molecule has 0 N–H and O–H groups in total. The quantitative estimate of drug-likeness (QED) is 0.447. The van der Waals surface area contributed by atoms with Crippen molar-refractivity contribution >= 4 is 5.91 Å². The zero-order chi connectivity index (χ0) is 22.6. The lowest BCUT2D eigenvalue weighted by Crippen LogP contribution is -2.50. The second kappa shape index (κ2) is 9.21. The van der Waals surface area contributed by atoms with Crippen molar-refractivity contribution in [3.8, 4) is 17.1 Å². The van der Waals surface area contributed by atoms with Crippen LogP contribution >= 0.6 is 0 Å². The first-order valence-electron chi connectivity index (χ1n) is 10.6. The average Bonchev–Trinajstić information content (AvgIpc) is 3.59. The lowest BCUT2D eigenvalue weighted by atomic mass is 10.0. The van der Waals surface area contributed by atoms with E-state index in [1.807, 2.05) is 29.2 Å². The van der Waals surface area contributed by atoms with Gasteiger partial charge < -0.3 is 14.4 Å². The van der Waals surface area contributed by atoms with Gasteiger partial charge in [0.05, 0.1) is 68.1 Å². The molecule has 10 heteroatoms. The standard InChI is InChI=1S/C23H23N7O3/c1-32-20-5-6-22(30-26-9-10-27-30)21(15-20)23(31)28-11-12-33-16-19(28)14-17-3-2-4-18(13-17)29-24-7-8-25-29/h2-10,13,15,19H,11-12,14,16H2,1H3. The van der Waals surface area contributed by atoms with Crippen molar-refractivity contribution in [2.45, 2.75) is 12.5 Å². The zero-order valence-electron chi connectivity index (χ0n) is 18.1. The largest absolute Gasteiger partial charge is 0.497 e. The number of methoxy groups -OCH3 is 1. The highest BCUT2D eigenvalue weighted by molar-refractivity contribution is 5.98. The molecule has 168 valence electrons. The molecule has 0 bridgehead atoms. The Morgan fingerprint density at radius 2 is 1.79 bits per heavy atom. The number of morpholine rings is 1. The van der Waals surface area contributed by atoms with E-state index in [2.05, 4.69) is 20.4 Å². The Morgan fingerprint density at radius 1 is 1.03 bits per heavy atom. The molecule has 0 saturated carbocycles. The van der Waals surface area contributed by atoms with Gasteiger partial charge in [-0.15, -0.1) is 0 Å². The molecule has 33 heavy (non-hydrogen) atoms. The second-order valence-corrected chi connectivity index (χ2v) is 7.62. The predicted octanol–water partition coefficient (Wildman–Crippen LogP) is 1.94. The third kappa shape index (κ3) is 4.33. The Morgan fingerprint density at radius 3 is 2.55 bits per heavy atom. The van der Waals surface area contributed by atoms with Crippen LogP contribution in [0.4, 0.5) is 0 Å². The number of aromatic nitrogens is 6. The van der Waals surface area contributed by atoms with E-state index in [0.717, 1.165) is 11.3 Å². The molecule has 10 nitrogen and oxygen atoms in total. The monoisotopic (exact) mass is 445 g/mol. The molecule has 1 saturated heterocycles. The van der Waals surface area contributed by atoms with Gasteiger partial charge in [-0.05, 0) is 42.3 Å². The summed E-state index contributed by atoms with van der Waals surface area (Å²) >= 11 is 0. The maximum atomic E-state index is 13.8. The Hall–Kier alpha value is -4.05. The first-order chi connectivity index (χ1) is 16.2. The zero-order valence-corrected chi connectivity index (χ0v) is 18.1. The normalized spacial score (nSPS) is 16.0. The molecule has 0 radical (unpaired) electrons. The van der Waals surface area contributed by atoms with Gasteiger partial charge in [0, 0.05) is 6.54 Å². The van der Waals surface area contributed by atoms with Gasteiger partial charge in [0.2, 0.25) is 0 Å².